The number of aryl methyl sites for hydroxylation is 1. The second kappa shape index (κ2) is 7.63. The number of non-ortho nitro benzene ring substituents is 1. The molecule has 1 spiro atoms. The third-order valence-corrected chi connectivity index (χ3v) is 6.91. The number of morpholine rings is 1. The van der Waals surface area contributed by atoms with Crippen molar-refractivity contribution >= 4 is 34.9 Å². The number of carbonyl (C=O) groups is 3. The van der Waals surface area contributed by atoms with Crippen LogP contribution in [-0.4, -0.2) is 47.6 Å². The van der Waals surface area contributed by atoms with E-state index in [9.17, 15) is 24.5 Å². The van der Waals surface area contributed by atoms with Gasteiger partial charge in [-0.3, -0.25) is 25.0 Å². The maximum absolute atomic E-state index is 14.2. The zero-order valence-electron chi connectivity index (χ0n) is 19.0. The molecule has 2 aromatic rings. The minimum absolute atomic E-state index is 0.0898. The third kappa shape index (κ3) is 3.09. The molecular weight excluding hydrogens is 440 g/mol. The molecule has 10 nitrogen and oxygen atoms in total. The smallest absolute Gasteiger partial charge is 0.335 e. The molecule has 3 aliphatic rings. The fourth-order valence-corrected chi connectivity index (χ4v) is 5.63. The monoisotopic (exact) mass is 464 g/mol. The number of urea groups is 1. The third-order valence-electron chi connectivity index (χ3n) is 6.91. The van der Waals surface area contributed by atoms with E-state index in [1.54, 1.807) is 31.2 Å². The Labute approximate surface area is 195 Å². The SMILES string of the molecule is Cc1cccc(N2C(=O)NC(=O)[C@]3(Cc4cc([N+](=O)[O-])ccc4N4C[C@H](C)O[C@H](C)[C@H]43)C2=O)c1. The number of nitro groups is 1. The highest BCUT2D eigenvalue weighted by molar-refractivity contribution is 6.30. The Morgan fingerprint density at radius 1 is 1.15 bits per heavy atom. The molecule has 2 saturated heterocycles. The van der Waals surface area contributed by atoms with Crippen LogP contribution in [0, 0.1) is 22.5 Å². The normalized spacial score (nSPS) is 28.4. The molecule has 2 aromatic carbocycles. The Morgan fingerprint density at radius 3 is 2.62 bits per heavy atom. The average Bonchev–Trinajstić information content (AvgIpc) is 2.77. The maximum Gasteiger partial charge on any atom is 0.335 e. The van der Waals surface area contributed by atoms with Crippen LogP contribution < -0.4 is 15.1 Å². The van der Waals surface area contributed by atoms with E-state index in [0.717, 1.165) is 16.2 Å². The highest BCUT2D eigenvalue weighted by Gasteiger charge is 2.65. The lowest BCUT2D eigenvalue weighted by molar-refractivity contribution is -0.384. The summed E-state index contributed by atoms with van der Waals surface area (Å²) in [4.78, 5) is 54.5. The first-order valence-corrected chi connectivity index (χ1v) is 11.1. The highest BCUT2D eigenvalue weighted by Crippen LogP contribution is 2.48. The van der Waals surface area contributed by atoms with E-state index >= 15 is 0 Å². The van der Waals surface area contributed by atoms with Crippen molar-refractivity contribution in [2.45, 2.75) is 45.4 Å². The van der Waals surface area contributed by atoms with Crippen molar-refractivity contribution in [3.8, 4) is 0 Å². The molecule has 4 amide bonds. The largest absolute Gasteiger partial charge is 0.372 e. The van der Waals surface area contributed by atoms with Crippen LogP contribution in [0.25, 0.3) is 0 Å². The molecule has 2 fully saturated rings. The van der Waals surface area contributed by atoms with E-state index < -0.39 is 40.3 Å². The quantitative estimate of drug-likeness (QED) is 0.412. The molecule has 3 heterocycles. The van der Waals surface area contributed by atoms with Gasteiger partial charge in [0.1, 0.15) is 0 Å². The van der Waals surface area contributed by atoms with Crippen LogP contribution in [-0.2, 0) is 20.7 Å². The summed E-state index contributed by atoms with van der Waals surface area (Å²) < 4.78 is 6.06. The van der Waals surface area contributed by atoms with Crippen LogP contribution in [0.1, 0.15) is 25.0 Å². The van der Waals surface area contributed by atoms with Gasteiger partial charge in [-0.2, -0.15) is 0 Å². The zero-order valence-corrected chi connectivity index (χ0v) is 19.0. The van der Waals surface area contributed by atoms with Crippen molar-refractivity contribution in [2.24, 2.45) is 5.41 Å². The number of imide groups is 2. The van der Waals surface area contributed by atoms with Crippen molar-refractivity contribution < 1.29 is 24.0 Å². The number of hydrogen-bond donors (Lipinski definition) is 1. The average molecular weight is 464 g/mol. The molecule has 0 radical (unpaired) electrons. The van der Waals surface area contributed by atoms with Gasteiger partial charge in [-0.15, -0.1) is 0 Å². The van der Waals surface area contributed by atoms with Gasteiger partial charge in [0.25, 0.3) is 11.6 Å². The molecule has 5 rings (SSSR count). The molecule has 0 aromatic heterocycles. The second-order valence-electron chi connectivity index (χ2n) is 9.21. The van der Waals surface area contributed by atoms with Crippen molar-refractivity contribution in [3.63, 3.8) is 0 Å². The molecular formula is C24H24N4O6. The first-order valence-electron chi connectivity index (χ1n) is 11.1. The van der Waals surface area contributed by atoms with E-state index in [4.69, 9.17) is 4.74 Å². The van der Waals surface area contributed by atoms with Crippen LogP contribution in [0.3, 0.4) is 0 Å². The number of nitro benzene ring substituents is 1. The van der Waals surface area contributed by atoms with E-state index in [-0.39, 0.29) is 18.2 Å². The fraction of sp³-hybridized carbons (Fsp3) is 0.375. The van der Waals surface area contributed by atoms with Gasteiger partial charge in [0.2, 0.25) is 5.91 Å². The van der Waals surface area contributed by atoms with E-state index in [2.05, 4.69) is 5.32 Å². The summed E-state index contributed by atoms with van der Waals surface area (Å²) in [7, 11) is 0. The molecule has 1 N–H and O–H groups in total. The number of benzene rings is 2. The molecule has 0 saturated carbocycles. The zero-order chi connectivity index (χ0) is 24.4. The Kier molecular flexibility index (Phi) is 4.94. The van der Waals surface area contributed by atoms with Crippen molar-refractivity contribution in [1.29, 1.82) is 0 Å². The van der Waals surface area contributed by atoms with Gasteiger partial charge >= 0.3 is 6.03 Å². The van der Waals surface area contributed by atoms with Gasteiger partial charge in [-0.1, -0.05) is 12.1 Å². The van der Waals surface area contributed by atoms with Crippen molar-refractivity contribution in [3.05, 3.63) is 63.7 Å². The van der Waals surface area contributed by atoms with E-state index in [0.29, 0.717) is 17.8 Å². The number of ether oxygens (including phenoxy) is 1. The highest BCUT2D eigenvalue weighted by atomic mass is 16.6. The molecule has 34 heavy (non-hydrogen) atoms. The minimum atomic E-state index is -1.71. The summed E-state index contributed by atoms with van der Waals surface area (Å²) in [5.41, 5.74) is 0.593. The number of nitrogens with zero attached hydrogens (tertiary/aromatic N) is 3. The summed E-state index contributed by atoms with van der Waals surface area (Å²) in [6.45, 7) is 5.93. The molecule has 10 heteroatoms. The van der Waals surface area contributed by atoms with Gasteiger partial charge in [0.15, 0.2) is 5.41 Å². The van der Waals surface area contributed by atoms with E-state index in [1.165, 1.54) is 12.1 Å². The fourth-order valence-electron chi connectivity index (χ4n) is 5.63. The number of nitrogens with one attached hydrogen (secondary N) is 1. The molecule has 176 valence electrons. The van der Waals surface area contributed by atoms with Crippen LogP contribution in [0.15, 0.2) is 42.5 Å². The first-order chi connectivity index (χ1) is 16.1. The summed E-state index contributed by atoms with van der Waals surface area (Å²) >= 11 is 0. The lowest BCUT2D eigenvalue weighted by atomic mass is 9.66. The molecule has 0 unspecified atom stereocenters. The summed E-state index contributed by atoms with van der Waals surface area (Å²) in [6.07, 6.45) is -0.803. The van der Waals surface area contributed by atoms with Crippen LogP contribution in [0.4, 0.5) is 21.9 Å². The topological polar surface area (TPSA) is 122 Å². The lowest BCUT2D eigenvalue weighted by Gasteiger charge is -2.56. The molecule has 0 aliphatic carbocycles. The van der Waals surface area contributed by atoms with Crippen molar-refractivity contribution in [1.82, 2.24) is 5.32 Å². The molecule has 4 atom stereocenters. The van der Waals surface area contributed by atoms with Crippen LogP contribution in [0.5, 0.6) is 0 Å². The van der Waals surface area contributed by atoms with Crippen LogP contribution in [0.2, 0.25) is 0 Å². The molecule has 0 bridgehead atoms. The standard InChI is InChI=1S/C24H24N4O6/c1-13-5-4-6-17(9-13)27-22(30)24(21(29)25-23(27)31)11-16-10-18(28(32)33)7-8-19(16)26-12-14(2)34-15(3)20(24)26/h4-10,14-15,20H,11-12H2,1-3H3,(H,25,29,31)/t14-,15+,20-,24+/m0/s1. The number of rotatable bonds is 2. The van der Waals surface area contributed by atoms with Gasteiger partial charge in [-0.25, -0.2) is 9.69 Å². The number of anilines is 2. The van der Waals surface area contributed by atoms with E-state index in [1.807, 2.05) is 24.8 Å². The predicted octanol–water partition coefficient (Wildman–Crippen LogP) is 2.71. The maximum atomic E-state index is 14.2. The van der Waals surface area contributed by atoms with Gasteiger partial charge in [-0.05, 0) is 50.1 Å². The minimum Gasteiger partial charge on any atom is -0.372 e. The summed E-state index contributed by atoms with van der Waals surface area (Å²) in [6, 6.07) is 9.87. The van der Waals surface area contributed by atoms with Crippen molar-refractivity contribution in [2.75, 3.05) is 16.3 Å². The first kappa shape index (κ1) is 22.0. The summed E-state index contributed by atoms with van der Waals surface area (Å²) in [5.74, 6) is -1.38. The van der Waals surface area contributed by atoms with Gasteiger partial charge in [0, 0.05) is 30.8 Å². The molecule has 3 aliphatic heterocycles. The number of carbonyl (C=O) groups excluding carboxylic acids is 3. The Bertz CT molecular complexity index is 1250. The Hall–Kier alpha value is -3.79. The summed E-state index contributed by atoms with van der Waals surface area (Å²) in [5, 5.41) is 13.8. The number of amides is 4. The predicted molar refractivity (Wildman–Crippen MR) is 123 cm³/mol. The Morgan fingerprint density at radius 2 is 1.91 bits per heavy atom. The number of hydrogen-bond acceptors (Lipinski definition) is 7. The number of barbiturate groups is 1. The van der Waals surface area contributed by atoms with Crippen LogP contribution >= 0.6 is 0 Å². The Balaban J connectivity index is 1.71. The second-order valence-corrected chi connectivity index (χ2v) is 9.21. The number of fused-ring (bicyclic) bond motifs is 4. The van der Waals surface area contributed by atoms with Gasteiger partial charge < -0.3 is 9.64 Å². The lowest BCUT2D eigenvalue weighted by Crippen LogP contribution is -2.76. The van der Waals surface area contributed by atoms with Gasteiger partial charge in [0.05, 0.1) is 28.9 Å².